The number of nitrogens with one attached hydrogen (secondary N) is 1. The molecule has 0 bridgehead atoms. The van der Waals surface area contributed by atoms with Crippen molar-refractivity contribution < 1.29 is 32.6 Å². The molecule has 0 saturated heterocycles. The second-order valence-corrected chi connectivity index (χ2v) is 12.2. The van der Waals surface area contributed by atoms with E-state index in [9.17, 15) is 14.4 Å². The van der Waals surface area contributed by atoms with Crippen LogP contribution in [0.2, 0.25) is 0 Å². The van der Waals surface area contributed by atoms with E-state index in [0.29, 0.717) is 24.2 Å². The first-order valence-electron chi connectivity index (χ1n) is 14.5. The summed E-state index contributed by atoms with van der Waals surface area (Å²) in [4.78, 5) is 42.0. The fourth-order valence-electron chi connectivity index (χ4n) is 6.16. The number of rotatable bonds is 7. The fraction of sp³-hybridized carbons (Fsp3) is 0.382. The second kappa shape index (κ2) is 11.4. The molecule has 1 saturated carbocycles. The first-order valence-corrected chi connectivity index (χ1v) is 14.5. The molecule has 1 aliphatic heterocycles. The van der Waals surface area contributed by atoms with Crippen molar-refractivity contribution in [3.63, 3.8) is 0 Å². The van der Waals surface area contributed by atoms with Gasteiger partial charge >= 0.3 is 12.0 Å². The maximum absolute atomic E-state index is 16.4. The Labute approximate surface area is 250 Å². The average Bonchev–Trinajstić information content (AvgIpc) is 3.18. The van der Waals surface area contributed by atoms with Crippen LogP contribution >= 0.6 is 0 Å². The molecule has 0 unspecified atom stereocenters. The van der Waals surface area contributed by atoms with Gasteiger partial charge in [-0.2, -0.15) is 8.78 Å². The number of ether oxygens (including phenoxy) is 2. The molecule has 0 aromatic heterocycles. The summed E-state index contributed by atoms with van der Waals surface area (Å²) in [6.07, 6.45) is 2.85. The summed E-state index contributed by atoms with van der Waals surface area (Å²) in [7, 11) is 1.56. The van der Waals surface area contributed by atoms with E-state index in [1.165, 1.54) is 24.3 Å². The largest absolute Gasteiger partial charge is 0.497 e. The maximum atomic E-state index is 16.4. The standard InChI is InChI=1S/C34H36F2N2O5/c1-32(2,3)43-31(41)37-24-19-26-28(27(20-24)34(35,36)29(39)23-11-7-5-8-12-23)30(40)38(33(26)17-9-6-10-18-33)21-22-13-15-25(42-4)16-14-22/h5,7-8,11-16,19-20H,6,9-10,17-18,21H2,1-4H3,(H,37,41). The van der Waals surface area contributed by atoms with Crippen molar-refractivity contribution in [2.75, 3.05) is 12.4 Å². The van der Waals surface area contributed by atoms with Gasteiger partial charge in [0.05, 0.1) is 18.2 Å². The SMILES string of the molecule is COc1ccc(CN2C(=O)c3c(C(F)(F)C(=O)c4ccccc4)cc(NC(=O)OC(C)(C)C)cc3C23CCCCC3)cc1. The van der Waals surface area contributed by atoms with Crippen LogP contribution in [0.1, 0.15) is 90.3 Å². The first kappa shape index (κ1) is 30.2. The lowest BCUT2D eigenvalue weighted by atomic mass is 9.75. The lowest BCUT2D eigenvalue weighted by Gasteiger charge is -2.42. The third-order valence-corrected chi connectivity index (χ3v) is 8.10. The van der Waals surface area contributed by atoms with Gasteiger partial charge in [0.25, 0.3) is 5.91 Å². The number of carbonyl (C=O) groups is 3. The molecule has 5 rings (SSSR count). The Balaban J connectivity index is 1.67. The predicted molar refractivity (Wildman–Crippen MR) is 159 cm³/mol. The van der Waals surface area contributed by atoms with Crippen molar-refractivity contribution in [2.45, 2.75) is 76.5 Å². The van der Waals surface area contributed by atoms with E-state index in [4.69, 9.17) is 9.47 Å². The fourth-order valence-corrected chi connectivity index (χ4v) is 6.16. The van der Waals surface area contributed by atoms with Crippen molar-refractivity contribution in [3.05, 3.63) is 94.5 Å². The van der Waals surface area contributed by atoms with E-state index >= 15 is 8.78 Å². The molecule has 1 heterocycles. The number of carbonyl (C=O) groups excluding carboxylic acids is 3. The van der Waals surface area contributed by atoms with Crippen LogP contribution < -0.4 is 10.1 Å². The van der Waals surface area contributed by atoms with Crippen molar-refractivity contribution in [1.82, 2.24) is 4.90 Å². The third-order valence-electron chi connectivity index (χ3n) is 8.10. The summed E-state index contributed by atoms with van der Waals surface area (Å²) in [6.45, 7) is 5.27. The van der Waals surface area contributed by atoms with Gasteiger partial charge in [-0.05, 0) is 69.0 Å². The van der Waals surface area contributed by atoms with Crippen LogP contribution in [0.3, 0.4) is 0 Å². The monoisotopic (exact) mass is 590 g/mol. The third kappa shape index (κ3) is 5.85. The molecule has 0 atom stereocenters. The molecule has 0 radical (unpaired) electrons. The highest BCUT2D eigenvalue weighted by atomic mass is 19.3. The molecule has 7 nitrogen and oxygen atoms in total. The van der Waals surface area contributed by atoms with Gasteiger partial charge in [-0.25, -0.2) is 4.79 Å². The van der Waals surface area contributed by atoms with Gasteiger partial charge in [0.2, 0.25) is 5.78 Å². The van der Waals surface area contributed by atoms with E-state index < -0.39 is 40.4 Å². The number of halogens is 2. The minimum Gasteiger partial charge on any atom is -0.497 e. The van der Waals surface area contributed by atoms with Gasteiger partial charge < -0.3 is 14.4 Å². The molecular weight excluding hydrogens is 554 g/mol. The molecule has 2 amide bonds. The molecular formula is C34H36F2N2O5. The van der Waals surface area contributed by atoms with Crippen LogP contribution in [0.4, 0.5) is 19.3 Å². The van der Waals surface area contributed by atoms with Crippen LogP contribution in [0.15, 0.2) is 66.7 Å². The van der Waals surface area contributed by atoms with Gasteiger partial charge in [0.1, 0.15) is 11.4 Å². The van der Waals surface area contributed by atoms with Crippen LogP contribution in [0.25, 0.3) is 0 Å². The number of hydrogen-bond donors (Lipinski definition) is 1. The second-order valence-electron chi connectivity index (χ2n) is 12.2. The number of ketones is 1. The van der Waals surface area contributed by atoms with Crippen LogP contribution in [0.5, 0.6) is 5.75 Å². The van der Waals surface area contributed by atoms with Crippen LogP contribution in [-0.4, -0.2) is 35.4 Å². The topological polar surface area (TPSA) is 84.9 Å². The summed E-state index contributed by atoms with van der Waals surface area (Å²) < 4.78 is 43.4. The van der Waals surface area contributed by atoms with Crippen molar-refractivity contribution in [1.29, 1.82) is 0 Å². The summed E-state index contributed by atoms with van der Waals surface area (Å²) in [5.74, 6) is -5.39. The number of methoxy groups -OCH3 is 1. The van der Waals surface area contributed by atoms with E-state index in [-0.39, 0.29) is 23.4 Å². The molecule has 1 fully saturated rings. The molecule has 1 N–H and O–H groups in total. The van der Waals surface area contributed by atoms with E-state index in [1.54, 1.807) is 57.0 Å². The van der Waals surface area contributed by atoms with Crippen molar-refractivity contribution >= 4 is 23.5 Å². The maximum Gasteiger partial charge on any atom is 0.412 e. The highest BCUT2D eigenvalue weighted by Crippen LogP contribution is 2.53. The summed E-state index contributed by atoms with van der Waals surface area (Å²) in [6, 6.07) is 17.2. The zero-order valence-corrected chi connectivity index (χ0v) is 24.8. The molecule has 9 heteroatoms. The zero-order chi connectivity index (χ0) is 31.0. The number of alkyl halides is 2. The van der Waals surface area contributed by atoms with Gasteiger partial charge in [0.15, 0.2) is 0 Å². The number of hydrogen-bond acceptors (Lipinski definition) is 5. The molecule has 3 aromatic rings. The lowest BCUT2D eigenvalue weighted by molar-refractivity contribution is 0.00679. The Morgan fingerprint density at radius 3 is 2.21 bits per heavy atom. The highest BCUT2D eigenvalue weighted by Gasteiger charge is 2.55. The van der Waals surface area contributed by atoms with Crippen molar-refractivity contribution in [3.8, 4) is 5.75 Å². The minimum atomic E-state index is -4.06. The lowest BCUT2D eigenvalue weighted by Crippen LogP contribution is -2.44. The molecule has 1 spiro atoms. The number of fused-ring (bicyclic) bond motifs is 2. The Hall–Kier alpha value is -4.27. The number of amides is 2. The predicted octanol–water partition coefficient (Wildman–Crippen LogP) is 7.83. The summed E-state index contributed by atoms with van der Waals surface area (Å²) >= 11 is 0. The van der Waals surface area contributed by atoms with E-state index in [0.717, 1.165) is 30.9 Å². The number of nitrogens with zero attached hydrogens (tertiary/aromatic N) is 1. The summed E-state index contributed by atoms with van der Waals surface area (Å²) in [5, 5.41) is 2.58. The highest BCUT2D eigenvalue weighted by molar-refractivity contribution is 6.07. The molecule has 226 valence electrons. The molecule has 43 heavy (non-hydrogen) atoms. The first-order chi connectivity index (χ1) is 20.4. The van der Waals surface area contributed by atoms with E-state index in [2.05, 4.69) is 5.32 Å². The normalized spacial score (nSPS) is 16.1. The number of Topliss-reactive ketones (excluding diaryl/α,β-unsaturated/α-hetero) is 1. The Morgan fingerprint density at radius 1 is 0.953 bits per heavy atom. The number of anilines is 1. The van der Waals surface area contributed by atoms with Crippen LogP contribution in [0, 0.1) is 0 Å². The summed E-state index contributed by atoms with van der Waals surface area (Å²) in [5.41, 5.74) is -1.55. The zero-order valence-electron chi connectivity index (χ0n) is 24.8. The van der Waals surface area contributed by atoms with Gasteiger partial charge in [-0.3, -0.25) is 14.9 Å². The quantitative estimate of drug-likeness (QED) is 0.284. The van der Waals surface area contributed by atoms with Crippen molar-refractivity contribution in [2.24, 2.45) is 0 Å². The van der Waals surface area contributed by atoms with Gasteiger partial charge in [-0.15, -0.1) is 0 Å². The van der Waals surface area contributed by atoms with E-state index in [1.807, 2.05) is 12.1 Å². The molecule has 3 aromatic carbocycles. The Kier molecular flexibility index (Phi) is 8.03. The Morgan fingerprint density at radius 2 is 1.60 bits per heavy atom. The average molecular weight is 591 g/mol. The minimum absolute atomic E-state index is 0.0348. The van der Waals surface area contributed by atoms with Crippen LogP contribution in [-0.2, 0) is 22.7 Å². The number of benzene rings is 3. The smallest absolute Gasteiger partial charge is 0.412 e. The Bertz CT molecular complexity index is 1520. The molecule has 1 aliphatic carbocycles. The molecule has 2 aliphatic rings. The van der Waals surface area contributed by atoms with Gasteiger partial charge in [0, 0.05) is 23.4 Å². The van der Waals surface area contributed by atoms with Gasteiger partial charge in [-0.1, -0.05) is 61.7 Å².